The van der Waals surface area contributed by atoms with E-state index in [1.807, 2.05) is 6.20 Å². The van der Waals surface area contributed by atoms with Crippen LogP contribution in [0.25, 0.3) is 10.9 Å². The van der Waals surface area contributed by atoms with Crippen LogP contribution in [0.4, 0.5) is 0 Å². The van der Waals surface area contributed by atoms with E-state index in [0.717, 1.165) is 31.8 Å². The number of aryl methyl sites for hydroxylation is 1. The third-order valence-corrected chi connectivity index (χ3v) is 5.39. The zero-order valence-corrected chi connectivity index (χ0v) is 16.6. The summed E-state index contributed by atoms with van der Waals surface area (Å²) in [6, 6.07) is 14.9. The first-order valence-corrected chi connectivity index (χ1v) is 9.82. The molecule has 0 aliphatic carbocycles. The lowest BCUT2D eigenvalue weighted by Crippen LogP contribution is -2.25. The fourth-order valence-corrected chi connectivity index (χ4v) is 3.80. The van der Waals surface area contributed by atoms with E-state index in [-0.39, 0.29) is 5.91 Å². The molecule has 1 N–H and O–H groups in total. The number of nitrogens with one attached hydrogen (secondary N) is 1. The lowest BCUT2D eigenvalue weighted by atomic mass is 10.0. The fourth-order valence-electron chi connectivity index (χ4n) is 3.80. The average Bonchev–Trinajstić information content (AvgIpc) is 3.08. The highest BCUT2D eigenvalue weighted by molar-refractivity contribution is 5.82. The van der Waals surface area contributed by atoms with Gasteiger partial charge in [0.05, 0.1) is 0 Å². The Hall–Kier alpha value is -2.79. The average molecular weight is 377 g/mol. The summed E-state index contributed by atoms with van der Waals surface area (Å²) in [5, 5.41) is 1.28. The smallest absolute Gasteiger partial charge is 0.222 e. The van der Waals surface area contributed by atoms with Crippen LogP contribution in [0.1, 0.15) is 23.1 Å². The van der Waals surface area contributed by atoms with Crippen molar-refractivity contribution in [3.05, 3.63) is 65.4 Å². The predicted octanol–water partition coefficient (Wildman–Crippen LogP) is 3.58. The molecular formula is C23H27N3O2. The van der Waals surface area contributed by atoms with E-state index < -0.39 is 0 Å². The molecule has 1 aliphatic rings. The zero-order valence-electron chi connectivity index (χ0n) is 16.6. The van der Waals surface area contributed by atoms with Crippen molar-refractivity contribution < 1.29 is 9.53 Å². The number of benzene rings is 2. The molecule has 1 amide bonds. The molecule has 3 aromatic rings. The number of hydrogen-bond acceptors (Lipinski definition) is 3. The molecule has 2 heterocycles. The molecule has 5 heteroatoms. The monoisotopic (exact) mass is 377 g/mol. The predicted molar refractivity (Wildman–Crippen MR) is 111 cm³/mol. The van der Waals surface area contributed by atoms with Gasteiger partial charge in [-0.15, -0.1) is 0 Å². The van der Waals surface area contributed by atoms with Gasteiger partial charge in [0.1, 0.15) is 12.4 Å². The largest absolute Gasteiger partial charge is 0.492 e. The Balaban J connectivity index is 1.49. The SMILES string of the molecule is CN(C)C(=O)CCc1ccc2c(c1)CN(Cc1cccc3[nH]ccc13)CCO2. The number of ether oxygens (including phenoxy) is 1. The van der Waals surface area contributed by atoms with E-state index in [2.05, 4.69) is 52.3 Å². The van der Waals surface area contributed by atoms with Crippen molar-refractivity contribution in [3.8, 4) is 5.75 Å². The van der Waals surface area contributed by atoms with Gasteiger partial charge in [-0.25, -0.2) is 0 Å². The molecule has 0 unspecified atom stereocenters. The first-order chi connectivity index (χ1) is 13.6. The van der Waals surface area contributed by atoms with Crippen molar-refractivity contribution in [2.24, 2.45) is 0 Å². The van der Waals surface area contributed by atoms with Crippen molar-refractivity contribution in [3.63, 3.8) is 0 Å². The summed E-state index contributed by atoms with van der Waals surface area (Å²) in [5.41, 5.74) is 4.90. The summed E-state index contributed by atoms with van der Waals surface area (Å²) >= 11 is 0. The van der Waals surface area contributed by atoms with Gasteiger partial charge >= 0.3 is 0 Å². The molecule has 28 heavy (non-hydrogen) atoms. The van der Waals surface area contributed by atoms with Gasteiger partial charge in [-0.3, -0.25) is 9.69 Å². The molecule has 0 spiro atoms. The summed E-state index contributed by atoms with van der Waals surface area (Å²) in [4.78, 5) is 19.3. The van der Waals surface area contributed by atoms with Gasteiger partial charge in [-0.05, 0) is 35.7 Å². The molecule has 0 saturated carbocycles. The van der Waals surface area contributed by atoms with Crippen molar-refractivity contribution >= 4 is 16.8 Å². The number of carbonyl (C=O) groups is 1. The highest BCUT2D eigenvalue weighted by atomic mass is 16.5. The Morgan fingerprint density at radius 2 is 2.11 bits per heavy atom. The van der Waals surface area contributed by atoms with Crippen molar-refractivity contribution in [2.75, 3.05) is 27.2 Å². The molecule has 146 valence electrons. The number of carbonyl (C=O) groups excluding carboxylic acids is 1. The van der Waals surface area contributed by atoms with Crippen molar-refractivity contribution in [2.45, 2.75) is 25.9 Å². The zero-order chi connectivity index (χ0) is 19.5. The lowest BCUT2D eigenvalue weighted by Gasteiger charge is -2.20. The summed E-state index contributed by atoms with van der Waals surface area (Å²) < 4.78 is 5.98. The van der Waals surface area contributed by atoms with E-state index in [9.17, 15) is 4.79 Å². The second kappa shape index (κ2) is 8.07. The number of H-pyrrole nitrogens is 1. The summed E-state index contributed by atoms with van der Waals surface area (Å²) in [6.45, 7) is 3.32. The number of aromatic nitrogens is 1. The van der Waals surface area contributed by atoms with Crippen LogP contribution in [0.2, 0.25) is 0 Å². The number of hydrogen-bond donors (Lipinski definition) is 1. The van der Waals surface area contributed by atoms with Gasteiger partial charge in [-0.1, -0.05) is 24.3 Å². The van der Waals surface area contributed by atoms with Gasteiger partial charge in [0.25, 0.3) is 0 Å². The molecule has 0 atom stereocenters. The number of amides is 1. The Morgan fingerprint density at radius 1 is 1.21 bits per heavy atom. The van der Waals surface area contributed by atoms with Gasteiger partial charge in [-0.2, -0.15) is 0 Å². The topological polar surface area (TPSA) is 48.6 Å². The number of fused-ring (bicyclic) bond motifs is 2. The second-order valence-electron chi connectivity index (χ2n) is 7.65. The molecular weight excluding hydrogens is 350 g/mol. The maximum atomic E-state index is 11.9. The van der Waals surface area contributed by atoms with Crippen LogP contribution in [0.15, 0.2) is 48.7 Å². The number of aromatic amines is 1. The van der Waals surface area contributed by atoms with Gasteiger partial charge < -0.3 is 14.6 Å². The minimum atomic E-state index is 0.160. The van der Waals surface area contributed by atoms with Gasteiger partial charge in [0.15, 0.2) is 0 Å². The van der Waals surface area contributed by atoms with Crippen LogP contribution >= 0.6 is 0 Å². The fraction of sp³-hybridized carbons (Fsp3) is 0.348. The maximum Gasteiger partial charge on any atom is 0.222 e. The third-order valence-electron chi connectivity index (χ3n) is 5.39. The van der Waals surface area contributed by atoms with Crippen LogP contribution in [0, 0.1) is 0 Å². The molecule has 0 saturated heterocycles. The summed E-state index contributed by atoms with van der Waals surface area (Å²) in [6.07, 6.45) is 3.29. The van der Waals surface area contributed by atoms with Gasteiger partial charge in [0.2, 0.25) is 5.91 Å². The Labute approximate surface area is 165 Å². The molecule has 0 radical (unpaired) electrons. The van der Waals surface area contributed by atoms with Crippen LogP contribution in [-0.2, 0) is 24.3 Å². The minimum Gasteiger partial charge on any atom is -0.492 e. The Bertz CT molecular complexity index is 977. The summed E-state index contributed by atoms with van der Waals surface area (Å²) in [7, 11) is 3.60. The van der Waals surface area contributed by atoms with E-state index in [4.69, 9.17) is 4.74 Å². The molecule has 0 bridgehead atoms. The molecule has 4 rings (SSSR count). The molecule has 1 aromatic heterocycles. The highest BCUT2D eigenvalue weighted by Crippen LogP contribution is 2.27. The van der Waals surface area contributed by atoms with Crippen LogP contribution in [0.3, 0.4) is 0 Å². The molecule has 5 nitrogen and oxygen atoms in total. The van der Waals surface area contributed by atoms with Crippen LogP contribution in [0.5, 0.6) is 5.75 Å². The van der Waals surface area contributed by atoms with Gasteiger partial charge in [0, 0.05) is 62.8 Å². The standard InChI is InChI=1S/C23H27N3O2/c1-25(2)23(27)9-7-17-6-8-22-19(14-17)16-26(12-13-28-22)15-18-4-3-5-21-20(18)10-11-24-21/h3-6,8,10-11,14,24H,7,9,12-13,15-16H2,1-2H3. The van der Waals surface area contributed by atoms with E-state index in [1.165, 1.54) is 27.6 Å². The lowest BCUT2D eigenvalue weighted by molar-refractivity contribution is -0.128. The van der Waals surface area contributed by atoms with E-state index in [0.29, 0.717) is 13.0 Å². The van der Waals surface area contributed by atoms with E-state index >= 15 is 0 Å². The number of nitrogens with zero attached hydrogens (tertiary/aromatic N) is 2. The Morgan fingerprint density at radius 3 is 2.96 bits per heavy atom. The van der Waals surface area contributed by atoms with Crippen LogP contribution in [-0.4, -0.2) is 47.9 Å². The number of rotatable bonds is 5. The third kappa shape index (κ3) is 4.04. The quantitative estimate of drug-likeness (QED) is 0.739. The minimum absolute atomic E-state index is 0.160. The van der Waals surface area contributed by atoms with Crippen LogP contribution < -0.4 is 4.74 Å². The van der Waals surface area contributed by atoms with E-state index in [1.54, 1.807) is 19.0 Å². The summed E-state index contributed by atoms with van der Waals surface area (Å²) in [5.74, 6) is 1.12. The molecule has 2 aromatic carbocycles. The van der Waals surface area contributed by atoms with Crippen molar-refractivity contribution in [1.29, 1.82) is 0 Å². The Kier molecular flexibility index (Phi) is 5.35. The second-order valence-corrected chi connectivity index (χ2v) is 7.65. The first kappa shape index (κ1) is 18.6. The first-order valence-electron chi connectivity index (χ1n) is 9.82. The highest BCUT2D eigenvalue weighted by Gasteiger charge is 2.17. The molecule has 0 fully saturated rings. The molecule has 1 aliphatic heterocycles. The maximum absolute atomic E-state index is 11.9. The normalized spacial score (nSPS) is 14.4. The van der Waals surface area contributed by atoms with Crippen molar-refractivity contribution in [1.82, 2.24) is 14.8 Å².